The lowest BCUT2D eigenvalue weighted by Gasteiger charge is -2.24. The smallest absolute Gasteiger partial charge is 0.256 e. The molecule has 0 aliphatic rings. The monoisotopic (exact) mass is 282 g/mol. The van der Waals surface area contributed by atoms with E-state index in [1.807, 2.05) is 24.8 Å². The number of amides is 1. The molecule has 0 unspecified atom stereocenters. The number of carbonyl (C=O) groups is 1. The minimum absolute atomic E-state index is 0.0367. The molecule has 19 heavy (non-hydrogen) atoms. The lowest BCUT2D eigenvalue weighted by Crippen LogP contribution is -2.34. The summed E-state index contributed by atoms with van der Waals surface area (Å²) in [6.07, 6.45) is 0. The van der Waals surface area contributed by atoms with Gasteiger partial charge in [-0.05, 0) is 38.0 Å². The van der Waals surface area contributed by atoms with Gasteiger partial charge in [0.25, 0.3) is 5.91 Å². The SMILES string of the molecule is CCNc1ccc(Cl)cc1C(=O)N(CC)CC(C)C. The van der Waals surface area contributed by atoms with Crippen LogP contribution in [0.25, 0.3) is 0 Å². The fourth-order valence-corrected chi connectivity index (χ4v) is 2.18. The molecule has 1 amide bonds. The molecule has 0 aliphatic carbocycles. The lowest BCUT2D eigenvalue weighted by molar-refractivity contribution is 0.0746. The summed E-state index contributed by atoms with van der Waals surface area (Å²) in [5, 5.41) is 3.80. The third-order valence-corrected chi connectivity index (χ3v) is 3.07. The molecule has 1 rings (SSSR count). The van der Waals surface area contributed by atoms with Crippen LogP contribution in [0.2, 0.25) is 5.02 Å². The third kappa shape index (κ3) is 4.43. The fraction of sp³-hybridized carbons (Fsp3) is 0.533. The molecule has 0 spiro atoms. The molecule has 1 aromatic carbocycles. The number of halogens is 1. The van der Waals surface area contributed by atoms with E-state index in [0.717, 1.165) is 18.8 Å². The maximum absolute atomic E-state index is 12.6. The number of hydrogen-bond acceptors (Lipinski definition) is 2. The third-order valence-electron chi connectivity index (χ3n) is 2.83. The molecule has 0 bridgehead atoms. The summed E-state index contributed by atoms with van der Waals surface area (Å²) in [6.45, 7) is 10.5. The topological polar surface area (TPSA) is 32.3 Å². The van der Waals surface area contributed by atoms with E-state index >= 15 is 0 Å². The zero-order valence-corrected chi connectivity index (χ0v) is 12.9. The highest BCUT2D eigenvalue weighted by Gasteiger charge is 2.18. The molecule has 3 nitrogen and oxygen atoms in total. The first-order valence-electron chi connectivity index (χ1n) is 6.82. The van der Waals surface area contributed by atoms with Crippen molar-refractivity contribution in [3.63, 3.8) is 0 Å². The van der Waals surface area contributed by atoms with Crippen molar-refractivity contribution >= 4 is 23.2 Å². The van der Waals surface area contributed by atoms with E-state index in [9.17, 15) is 4.79 Å². The first-order valence-corrected chi connectivity index (χ1v) is 7.20. The van der Waals surface area contributed by atoms with Gasteiger partial charge in [-0.3, -0.25) is 4.79 Å². The highest BCUT2D eigenvalue weighted by Crippen LogP contribution is 2.22. The lowest BCUT2D eigenvalue weighted by atomic mass is 10.1. The van der Waals surface area contributed by atoms with Crippen molar-refractivity contribution in [1.82, 2.24) is 4.90 Å². The highest BCUT2D eigenvalue weighted by atomic mass is 35.5. The van der Waals surface area contributed by atoms with Crippen molar-refractivity contribution in [2.75, 3.05) is 25.0 Å². The Balaban J connectivity index is 3.05. The second kappa shape index (κ2) is 7.39. The number of benzene rings is 1. The highest BCUT2D eigenvalue weighted by molar-refractivity contribution is 6.31. The normalized spacial score (nSPS) is 10.6. The van der Waals surface area contributed by atoms with Crippen LogP contribution in [-0.4, -0.2) is 30.4 Å². The van der Waals surface area contributed by atoms with Crippen LogP contribution in [0.15, 0.2) is 18.2 Å². The van der Waals surface area contributed by atoms with Crippen LogP contribution in [0.1, 0.15) is 38.1 Å². The van der Waals surface area contributed by atoms with Crippen molar-refractivity contribution in [3.05, 3.63) is 28.8 Å². The average molecular weight is 283 g/mol. The number of anilines is 1. The van der Waals surface area contributed by atoms with Gasteiger partial charge in [0.2, 0.25) is 0 Å². The van der Waals surface area contributed by atoms with Crippen LogP contribution < -0.4 is 5.32 Å². The van der Waals surface area contributed by atoms with E-state index in [1.54, 1.807) is 12.1 Å². The molecule has 0 fully saturated rings. The summed E-state index contributed by atoms with van der Waals surface area (Å²) < 4.78 is 0. The molecule has 0 heterocycles. The molecular weight excluding hydrogens is 260 g/mol. The van der Waals surface area contributed by atoms with Crippen molar-refractivity contribution in [2.45, 2.75) is 27.7 Å². The number of hydrogen-bond donors (Lipinski definition) is 1. The quantitative estimate of drug-likeness (QED) is 0.858. The minimum Gasteiger partial charge on any atom is -0.385 e. The van der Waals surface area contributed by atoms with Crippen LogP contribution in [0.3, 0.4) is 0 Å². The summed E-state index contributed by atoms with van der Waals surface area (Å²) in [7, 11) is 0. The molecule has 0 saturated carbocycles. The Labute approximate surface area is 120 Å². The maximum atomic E-state index is 12.6. The van der Waals surface area contributed by atoms with Gasteiger partial charge in [-0.1, -0.05) is 25.4 Å². The van der Waals surface area contributed by atoms with Gasteiger partial charge >= 0.3 is 0 Å². The molecule has 0 atom stereocenters. The zero-order chi connectivity index (χ0) is 14.4. The van der Waals surface area contributed by atoms with Gasteiger partial charge in [-0.25, -0.2) is 0 Å². The van der Waals surface area contributed by atoms with Gasteiger partial charge < -0.3 is 10.2 Å². The maximum Gasteiger partial charge on any atom is 0.256 e. The first-order chi connectivity index (χ1) is 8.99. The zero-order valence-electron chi connectivity index (χ0n) is 12.2. The molecular formula is C15H23ClN2O. The Morgan fingerprint density at radius 3 is 2.58 bits per heavy atom. The Morgan fingerprint density at radius 2 is 2.05 bits per heavy atom. The van der Waals surface area contributed by atoms with E-state index in [2.05, 4.69) is 19.2 Å². The summed E-state index contributed by atoms with van der Waals surface area (Å²) in [6, 6.07) is 5.40. The molecule has 0 aliphatic heterocycles. The van der Waals surface area contributed by atoms with Gasteiger partial charge in [0, 0.05) is 30.3 Å². The van der Waals surface area contributed by atoms with Gasteiger partial charge in [0.1, 0.15) is 0 Å². The Morgan fingerprint density at radius 1 is 1.37 bits per heavy atom. The molecule has 0 aromatic heterocycles. The number of nitrogens with zero attached hydrogens (tertiary/aromatic N) is 1. The van der Waals surface area contributed by atoms with Gasteiger partial charge in [-0.15, -0.1) is 0 Å². The van der Waals surface area contributed by atoms with Crippen LogP contribution >= 0.6 is 11.6 Å². The van der Waals surface area contributed by atoms with Gasteiger partial charge in [-0.2, -0.15) is 0 Å². The molecule has 0 saturated heterocycles. The predicted octanol–water partition coefficient (Wildman–Crippen LogP) is 3.89. The van der Waals surface area contributed by atoms with E-state index in [1.165, 1.54) is 0 Å². The van der Waals surface area contributed by atoms with Gasteiger partial charge in [0.05, 0.1) is 5.56 Å². The Hall–Kier alpha value is -1.22. The molecule has 4 heteroatoms. The first kappa shape index (κ1) is 15.8. The molecule has 0 radical (unpaired) electrons. The second-order valence-corrected chi connectivity index (χ2v) is 5.39. The summed E-state index contributed by atoms with van der Waals surface area (Å²) >= 11 is 6.02. The number of nitrogens with one attached hydrogen (secondary N) is 1. The minimum atomic E-state index is 0.0367. The summed E-state index contributed by atoms with van der Waals surface area (Å²) in [4.78, 5) is 14.4. The van der Waals surface area contributed by atoms with E-state index in [4.69, 9.17) is 11.6 Å². The molecule has 1 N–H and O–H groups in total. The molecule has 1 aromatic rings. The fourth-order valence-electron chi connectivity index (χ4n) is 2.00. The van der Waals surface area contributed by atoms with Gasteiger partial charge in [0.15, 0.2) is 0 Å². The van der Waals surface area contributed by atoms with E-state index in [-0.39, 0.29) is 5.91 Å². The van der Waals surface area contributed by atoms with Crippen LogP contribution in [0, 0.1) is 5.92 Å². The predicted molar refractivity (Wildman–Crippen MR) is 82.0 cm³/mol. The summed E-state index contributed by atoms with van der Waals surface area (Å²) in [5.41, 5.74) is 1.50. The van der Waals surface area contributed by atoms with E-state index in [0.29, 0.717) is 23.0 Å². The van der Waals surface area contributed by atoms with Crippen LogP contribution in [-0.2, 0) is 0 Å². The van der Waals surface area contributed by atoms with Crippen molar-refractivity contribution in [1.29, 1.82) is 0 Å². The van der Waals surface area contributed by atoms with E-state index < -0.39 is 0 Å². The number of rotatable bonds is 6. The van der Waals surface area contributed by atoms with Crippen LogP contribution in [0.4, 0.5) is 5.69 Å². The Bertz CT molecular complexity index is 432. The standard InChI is InChI=1S/C15H23ClN2O/c1-5-17-14-8-7-12(16)9-13(14)15(19)18(6-2)10-11(3)4/h7-9,11,17H,5-6,10H2,1-4H3. The van der Waals surface area contributed by atoms with Crippen molar-refractivity contribution < 1.29 is 4.79 Å². The van der Waals surface area contributed by atoms with Crippen LogP contribution in [0.5, 0.6) is 0 Å². The number of carbonyl (C=O) groups excluding carboxylic acids is 1. The molecule has 106 valence electrons. The van der Waals surface area contributed by atoms with Crippen molar-refractivity contribution in [3.8, 4) is 0 Å². The Kier molecular flexibility index (Phi) is 6.16. The largest absolute Gasteiger partial charge is 0.385 e. The second-order valence-electron chi connectivity index (χ2n) is 4.96. The average Bonchev–Trinajstić information content (AvgIpc) is 2.37. The van der Waals surface area contributed by atoms with Crippen molar-refractivity contribution in [2.24, 2.45) is 5.92 Å². The summed E-state index contributed by atoms with van der Waals surface area (Å²) in [5.74, 6) is 0.486.